The molecule has 0 fully saturated rings. The van der Waals surface area contributed by atoms with Gasteiger partial charge in [-0.3, -0.25) is 9.59 Å². The minimum Gasteiger partial charge on any atom is -0.495 e. The molecule has 0 unspecified atom stereocenters. The maximum atomic E-state index is 13.5. The van der Waals surface area contributed by atoms with Crippen molar-refractivity contribution in [2.45, 2.75) is 6.92 Å². The lowest BCUT2D eigenvalue weighted by molar-refractivity contribution is -0.120. The normalized spacial score (nSPS) is 13.7. The van der Waals surface area contributed by atoms with Crippen molar-refractivity contribution in [1.82, 2.24) is 0 Å². The van der Waals surface area contributed by atoms with Gasteiger partial charge in [-0.15, -0.1) is 0 Å². The molecule has 4 rings (SSSR count). The number of carbonyl (C=O) groups excluding carboxylic acids is 2. The summed E-state index contributed by atoms with van der Waals surface area (Å²) < 4.78 is 5.18. The first-order valence-electron chi connectivity index (χ1n) is 9.46. The number of methoxy groups -OCH3 is 1. The predicted molar refractivity (Wildman–Crippen MR) is 124 cm³/mol. The van der Waals surface area contributed by atoms with Gasteiger partial charge in [-0.1, -0.05) is 53.5 Å². The molecule has 0 aromatic heterocycles. The van der Waals surface area contributed by atoms with Crippen LogP contribution in [0.15, 0.2) is 72.4 Å². The molecule has 0 saturated carbocycles. The van der Waals surface area contributed by atoms with E-state index in [1.54, 1.807) is 54.6 Å². The molecular weight excluding hydrogens is 435 g/mol. The van der Waals surface area contributed by atoms with E-state index in [-0.39, 0.29) is 11.3 Å². The quantitative estimate of drug-likeness (QED) is 0.503. The van der Waals surface area contributed by atoms with Crippen LogP contribution in [-0.2, 0) is 9.59 Å². The highest BCUT2D eigenvalue weighted by molar-refractivity contribution is 6.46. The lowest BCUT2D eigenvalue weighted by atomic mass is 10.0. The second-order valence-electron chi connectivity index (χ2n) is 6.96. The number of rotatable bonds is 5. The van der Waals surface area contributed by atoms with Crippen LogP contribution in [0, 0.1) is 6.92 Å². The van der Waals surface area contributed by atoms with E-state index < -0.39 is 11.8 Å². The van der Waals surface area contributed by atoms with Gasteiger partial charge in [-0.05, 0) is 54.4 Å². The number of halogens is 2. The minimum absolute atomic E-state index is 0.164. The van der Waals surface area contributed by atoms with Gasteiger partial charge in [0.2, 0.25) is 0 Å². The zero-order valence-corrected chi connectivity index (χ0v) is 18.3. The molecule has 31 heavy (non-hydrogen) atoms. The number of hydrogen-bond acceptors (Lipinski definition) is 4. The third-order valence-electron chi connectivity index (χ3n) is 4.99. The van der Waals surface area contributed by atoms with E-state index in [0.29, 0.717) is 32.7 Å². The van der Waals surface area contributed by atoms with Crippen LogP contribution in [-0.4, -0.2) is 18.9 Å². The predicted octanol–water partition coefficient (Wildman–Crippen LogP) is 5.71. The summed E-state index contributed by atoms with van der Waals surface area (Å²) in [4.78, 5) is 28.1. The highest BCUT2D eigenvalue weighted by atomic mass is 35.5. The Labute approximate surface area is 189 Å². The molecule has 1 aliphatic rings. The van der Waals surface area contributed by atoms with Crippen molar-refractivity contribution in [3.63, 3.8) is 0 Å². The highest BCUT2D eigenvalue weighted by Crippen LogP contribution is 2.36. The molecule has 1 N–H and O–H groups in total. The van der Waals surface area contributed by atoms with Crippen molar-refractivity contribution in [2.24, 2.45) is 0 Å². The molecule has 2 amide bonds. The van der Waals surface area contributed by atoms with Gasteiger partial charge in [0.15, 0.2) is 0 Å². The van der Waals surface area contributed by atoms with Crippen molar-refractivity contribution in [1.29, 1.82) is 0 Å². The fourth-order valence-electron chi connectivity index (χ4n) is 3.45. The number of hydrogen-bond donors (Lipinski definition) is 1. The van der Waals surface area contributed by atoms with Crippen LogP contribution in [0.1, 0.15) is 11.1 Å². The van der Waals surface area contributed by atoms with Crippen molar-refractivity contribution in [3.8, 4) is 5.75 Å². The second-order valence-corrected chi connectivity index (χ2v) is 7.81. The van der Waals surface area contributed by atoms with Crippen molar-refractivity contribution >= 4 is 52.0 Å². The first kappa shape index (κ1) is 21.0. The number of imide groups is 1. The van der Waals surface area contributed by atoms with E-state index in [1.165, 1.54) is 12.0 Å². The maximum absolute atomic E-state index is 13.5. The van der Waals surface area contributed by atoms with Crippen LogP contribution < -0.4 is 15.0 Å². The Kier molecular flexibility index (Phi) is 5.72. The molecule has 0 radical (unpaired) electrons. The molecule has 0 bridgehead atoms. The molecule has 0 atom stereocenters. The number of carbonyl (C=O) groups is 2. The Morgan fingerprint density at radius 2 is 1.61 bits per heavy atom. The molecule has 1 aliphatic heterocycles. The number of benzene rings is 3. The molecule has 7 heteroatoms. The molecule has 3 aromatic rings. The molecule has 1 heterocycles. The standard InChI is InChI=1S/C24H18Cl2N2O3/c1-14-5-3-4-6-19(14)28-23(29)21(15-7-9-16(25)10-8-15)22(24(28)30)27-17-11-12-20(31-2)18(26)13-17/h3-13,27H,1-2H3. The summed E-state index contributed by atoms with van der Waals surface area (Å²) in [7, 11) is 1.52. The largest absolute Gasteiger partial charge is 0.495 e. The SMILES string of the molecule is COc1ccc(NC2=C(c3ccc(Cl)cc3)C(=O)N(c3ccccc3C)C2=O)cc1Cl. The summed E-state index contributed by atoms with van der Waals surface area (Å²) in [5, 5.41) is 4.01. The van der Waals surface area contributed by atoms with E-state index in [0.717, 1.165) is 5.56 Å². The van der Waals surface area contributed by atoms with E-state index in [1.807, 2.05) is 19.1 Å². The Bertz CT molecular complexity index is 1220. The van der Waals surface area contributed by atoms with Gasteiger partial charge in [-0.25, -0.2) is 4.90 Å². The summed E-state index contributed by atoms with van der Waals surface area (Å²) in [6, 6.07) is 19.1. The van der Waals surface area contributed by atoms with Gasteiger partial charge in [0, 0.05) is 10.7 Å². The third kappa shape index (κ3) is 3.90. The molecule has 156 valence electrons. The van der Waals surface area contributed by atoms with Crippen LogP contribution in [0.25, 0.3) is 5.57 Å². The Hall–Kier alpha value is -3.28. The van der Waals surface area contributed by atoms with Crippen LogP contribution in [0.4, 0.5) is 11.4 Å². The van der Waals surface area contributed by atoms with E-state index >= 15 is 0 Å². The summed E-state index contributed by atoms with van der Waals surface area (Å²) >= 11 is 12.3. The summed E-state index contributed by atoms with van der Waals surface area (Å²) in [6.07, 6.45) is 0. The minimum atomic E-state index is -0.448. The second kappa shape index (κ2) is 8.46. The fraction of sp³-hybridized carbons (Fsp3) is 0.0833. The number of para-hydroxylation sites is 1. The summed E-state index contributed by atoms with van der Waals surface area (Å²) in [5.74, 6) is -0.352. The fourth-order valence-corrected chi connectivity index (χ4v) is 3.84. The molecule has 0 aliphatic carbocycles. The molecule has 0 spiro atoms. The Balaban J connectivity index is 1.83. The smallest absolute Gasteiger partial charge is 0.282 e. The number of nitrogens with one attached hydrogen (secondary N) is 1. The van der Waals surface area contributed by atoms with Crippen molar-refractivity contribution in [3.05, 3.63) is 93.6 Å². The Morgan fingerprint density at radius 1 is 0.903 bits per heavy atom. The molecule has 0 saturated heterocycles. The maximum Gasteiger partial charge on any atom is 0.282 e. The molecule has 3 aromatic carbocycles. The van der Waals surface area contributed by atoms with Crippen molar-refractivity contribution in [2.75, 3.05) is 17.3 Å². The Morgan fingerprint density at radius 3 is 2.26 bits per heavy atom. The average Bonchev–Trinajstić information content (AvgIpc) is 2.99. The summed E-state index contributed by atoms with van der Waals surface area (Å²) in [6.45, 7) is 1.85. The van der Waals surface area contributed by atoms with Crippen LogP contribution in [0.5, 0.6) is 5.75 Å². The number of anilines is 2. The third-order valence-corrected chi connectivity index (χ3v) is 5.54. The van der Waals surface area contributed by atoms with E-state index in [9.17, 15) is 9.59 Å². The topological polar surface area (TPSA) is 58.6 Å². The first-order chi connectivity index (χ1) is 14.9. The monoisotopic (exact) mass is 452 g/mol. The number of nitrogens with zero attached hydrogens (tertiary/aromatic N) is 1. The number of ether oxygens (including phenoxy) is 1. The zero-order valence-electron chi connectivity index (χ0n) is 16.8. The highest BCUT2D eigenvalue weighted by Gasteiger charge is 2.40. The van der Waals surface area contributed by atoms with Gasteiger partial charge in [0.05, 0.1) is 23.4 Å². The van der Waals surface area contributed by atoms with Crippen molar-refractivity contribution < 1.29 is 14.3 Å². The summed E-state index contributed by atoms with van der Waals surface area (Å²) in [5.41, 5.74) is 2.91. The first-order valence-corrected chi connectivity index (χ1v) is 10.2. The van der Waals surface area contributed by atoms with Gasteiger partial charge >= 0.3 is 0 Å². The van der Waals surface area contributed by atoms with Crippen LogP contribution in [0.3, 0.4) is 0 Å². The van der Waals surface area contributed by atoms with E-state index in [4.69, 9.17) is 27.9 Å². The van der Waals surface area contributed by atoms with Gasteiger partial charge in [0.1, 0.15) is 11.4 Å². The number of aryl methyl sites for hydroxylation is 1. The number of amides is 2. The lowest BCUT2D eigenvalue weighted by Crippen LogP contribution is -2.33. The van der Waals surface area contributed by atoms with E-state index in [2.05, 4.69) is 5.32 Å². The van der Waals surface area contributed by atoms with Crippen LogP contribution in [0.2, 0.25) is 10.0 Å². The zero-order chi connectivity index (χ0) is 22.1. The molecular formula is C24H18Cl2N2O3. The van der Waals surface area contributed by atoms with Crippen LogP contribution >= 0.6 is 23.2 Å². The van der Waals surface area contributed by atoms with Gasteiger partial charge < -0.3 is 10.1 Å². The van der Waals surface area contributed by atoms with Gasteiger partial charge in [0.25, 0.3) is 11.8 Å². The van der Waals surface area contributed by atoms with Gasteiger partial charge in [-0.2, -0.15) is 0 Å². The lowest BCUT2D eigenvalue weighted by Gasteiger charge is -2.17. The molecule has 5 nitrogen and oxygen atoms in total. The average molecular weight is 453 g/mol.